The molecule has 65 heavy (non-hydrogen) atoms. The number of carbonyl (C=O) groups excluding carboxylic acids is 2. The molecule has 0 aliphatic heterocycles. The van der Waals surface area contributed by atoms with Gasteiger partial charge in [0.15, 0.2) is 0 Å². The number of hydrogen-bond donors (Lipinski definition) is 0. The van der Waals surface area contributed by atoms with Crippen molar-refractivity contribution in [3.05, 3.63) is 118 Å². The fourth-order valence-electron chi connectivity index (χ4n) is 10.3. The molecule has 6 nitrogen and oxygen atoms in total. The van der Waals surface area contributed by atoms with Gasteiger partial charge in [0.1, 0.15) is 39.6 Å². The summed E-state index contributed by atoms with van der Waals surface area (Å²) in [4.78, 5) is 27.3. The standard InChI is InChI=1S/C59H82O6/c1-15-22-43-35-37-58(38-36-43,48-28-34-52(42(9)40-48)65-55(10,11)18-4)47-27-33-51(41(8)39-47)63-54(61)57(14,19-5)59(20-6,21-7)64-50-31-25-46(26-32-50)56(12,13)45-23-29-49(30-24-45)62-53(60)44(16-2)17-3/h23-34,39-40,43-44H,15-22,35-38H2,1-14H3. The summed E-state index contributed by atoms with van der Waals surface area (Å²) in [6.07, 6.45) is 11.3. The maximum absolute atomic E-state index is 14.7. The molecule has 0 spiro atoms. The number of ether oxygens (including phenoxy) is 4. The molecule has 5 rings (SSSR count). The Hall–Kier alpha value is -4.58. The molecule has 1 aliphatic carbocycles. The highest BCUT2D eigenvalue weighted by molar-refractivity contribution is 5.81. The van der Waals surface area contributed by atoms with Crippen LogP contribution in [-0.4, -0.2) is 23.1 Å². The van der Waals surface area contributed by atoms with Gasteiger partial charge in [0.25, 0.3) is 0 Å². The molecule has 0 N–H and O–H groups in total. The van der Waals surface area contributed by atoms with E-state index < -0.39 is 11.0 Å². The first-order valence-electron chi connectivity index (χ1n) is 25.1. The summed E-state index contributed by atoms with van der Waals surface area (Å²) in [5.74, 6) is 3.03. The SMILES string of the molecule is CCCC1CCC(c2ccc(OC(=O)C(C)(CC)C(CC)(CC)Oc3ccc(C(C)(C)c4ccc(OC(=O)C(CC)CC)cc4)cc3)c(C)c2)(c2ccc(OC(C)(C)CC)c(C)c2)CC1. The summed E-state index contributed by atoms with van der Waals surface area (Å²) < 4.78 is 25.6. The highest BCUT2D eigenvalue weighted by Crippen LogP contribution is 2.50. The number of carbonyl (C=O) groups is 2. The van der Waals surface area contributed by atoms with E-state index in [-0.39, 0.29) is 34.3 Å². The summed E-state index contributed by atoms with van der Waals surface area (Å²) in [5, 5.41) is 0. The third-order valence-corrected chi connectivity index (χ3v) is 15.9. The Balaban J connectivity index is 1.37. The van der Waals surface area contributed by atoms with Crippen molar-refractivity contribution < 1.29 is 28.5 Å². The van der Waals surface area contributed by atoms with E-state index in [1.165, 1.54) is 36.8 Å². The van der Waals surface area contributed by atoms with Crippen LogP contribution in [0.2, 0.25) is 0 Å². The molecule has 4 aromatic rings. The average Bonchev–Trinajstić information content (AvgIpc) is 3.30. The van der Waals surface area contributed by atoms with Gasteiger partial charge in [0, 0.05) is 10.8 Å². The summed E-state index contributed by atoms with van der Waals surface area (Å²) in [7, 11) is 0. The van der Waals surface area contributed by atoms with Crippen molar-refractivity contribution in [2.24, 2.45) is 17.3 Å². The number of esters is 2. The van der Waals surface area contributed by atoms with E-state index >= 15 is 0 Å². The van der Waals surface area contributed by atoms with Crippen LogP contribution in [-0.2, 0) is 20.4 Å². The van der Waals surface area contributed by atoms with Crippen molar-refractivity contribution in [3.63, 3.8) is 0 Å². The van der Waals surface area contributed by atoms with Crippen LogP contribution in [0.3, 0.4) is 0 Å². The van der Waals surface area contributed by atoms with Gasteiger partial charge in [-0.1, -0.05) is 124 Å². The van der Waals surface area contributed by atoms with Gasteiger partial charge in [-0.3, -0.25) is 9.59 Å². The van der Waals surface area contributed by atoms with Crippen molar-refractivity contribution >= 4 is 11.9 Å². The lowest BCUT2D eigenvalue weighted by atomic mass is 9.62. The highest BCUT2D eigenvalue weighted by Gasteiger charge is 2.54. The Labute approximate surface area is 393 Å². The fourth-order valence-corrected chi connectivity index (χ4v) is 10.3. The second-order valence-corrected chi connectivity index (χ2v) is 20.5. The maximum Gasteiger partial charge on any atom is 0.321 e. The van der Waals surface area contributed by atoms with Crippen molar-refractivity contribution in [2.45, 2.75) is 196 Å². The Morgan fingerprint density at radius 2 is 1.12 bits per heavy atom. The van der Waals surface area contributed by atoms with Gasteiger partial charge in [-0.25, -0.2) is 0 Å². The van der Waals surface area contributed by atoms with E-state index in [1.54, 1.807) is 0 Å². The minimum atomic E-state index is -0.939. The molecular weight excluding hydrogens is 805 g/mol. The molecule has 1 atom stereocenters. The van der Waals surface area contributed by atoms with Gasteiger partial charge >= 0.3 is 11.9 Å². The lowest BCUT2D eigenvalue weighted by molar-refractivity contribution is -0.162. The minimum Gasteiger partial charge on any atom is -0.488 e. The second-order valence-electron chi connectivity index (χ2n) is 20.5. The molecule has 6 heteroatoms. The van der Waals surface area contributed by atoms with E-state index in [0.717, 1.165) is 66.0 Å². The first-order chi connectivity index (χ1) is 30.8. The maximum atomic E-state index is 14.7. The van der Waals surface area contributed by atoms with Gasteiger partial charge in [0.05, 0.1) is 5.92 Å². The molecule has 0 amide bonds. The zero-order valence-corrected chi connectivity index (χ0v) is 42.7. The lowest BCUT2D eigenvalue weighted by Gasteiger charge is -2.45. The van der Waals surface area contributed by atoms with Crippen LogP contribution in [0.4, 0.5) is 0 Å². The summed E-state index contributed by atoms with van der Waals surface area (Å²) in [6, 6.07) is 29.4. The van der Waals surface area contributed by atoms with E-state index in [0.29, 0.717) is 36.5 Å². The molecule has 1 aliphatic rings. The van der Waals surface area contributed by atoms with Crippen molar-refractivity contribution in [1.29, 1.82) is 0 Å². The topological polar surface area (TPSA) is 71.1 Å². The Bertz CT molecular complexity index is 2180. The molecule has 0 radical (unpaired) electrons. The molecule has 1 fully saturated rings. The molecule has 1 unspecified atom stereocenters. The molecular formula is C59H82O6. The van der Waals surface area contributed by atoms with E-state index in [4.69, 9.17) is 18.9 Å². The summed E-state index contributed by atoms with van der Waals surface area (Å²) in [6.45, 7) is 29.7. The van der Waals surface area contributed by atoms with Crippen molar-refractivity contribution in [2.75, 3.05) is 0 Å². The van der Waals surface area contributed by atoms with Gasteiger partial charge in [-0.2, -0.15) is 0 Å². The quantitative estimate of drug-likeness (QED) is 0.0613. The third kappa shape index (κ3) is 11.0. The predicted molar refractivity (Wildman–Crippen MR) is 268 cm³/mol. The molecule has 0 saturated heterocycles. The lowest BCUT2D eigenvalue weighted by Crippen LogP contribution is -2.56. The predicted octanol–water partition coefficient (Wildman–Crippen LogP) is 15.8. The van der Waals surface area contributed by atoms with E-state index in [9.17, 15) is 9.59 Å². The molecule has 354 valence electrons. The number of rotatable bonds is 21. The zero-order chi connectivity index (χ0) is 47.8. The zero-order valence-electron chi connectivity index (χ0n) is 42.7. The molecule has 0 heterocycles. The molecule has 0 bridgehead atoms. The number of benzene rings is 4. The molecule has 1 saturated carbocycles. The Kier molecular flexibility index (Phi) is 16.9. The van der Waals surface area contributed by atoms with Crippen LogP contribution in [0.1, 0.15) is 194 Å². The average molecular weight is 887 g/mol. The van der Waals surface area contributed by atoms with Crippen molar-refractivity contribution in [3.8, 4) is 23.0 Å². The van der Waals surface area contributed by atoms with Crippen LogP contribution in [0.15, 0.2) is 84.9 Å². The van der Waals surface area contributed by atoms with E-state index in [1.807, 2.05) is 63.2 Å². The van der Waals surface area contributed by atoms with Gasteiger partial charge in [-0.15, -0.1) is 0 Å². The molecule has 4 aromatic carbocycles. The smallest absolute Gasteiger partial charge is 0.321 e. The van der Waals surface area contributed by atoms with Crippen LogP contribution in [0.5, 0.6) is 23.0 Å². The van der Waals surface area contributed by atoms with Crippen LogP contribution in [0.25, 0.3) is 0 Å². The summed E-state index contributed by atoms with van der Waals surface area (Å²) in [5.41, 5.74) is 4.53. The first-order valence-corrected chi connectivity index (χ1v) is 25.1. The highest BCUT2D eigenvalue weighted by atomic mass is 16.5. The normalized spacial score (nSPS) is 17.9. The second kappa shape index (κ2) is 21.4. The van der Waals surface area contributed by atoms with E-state index in [2.05, 4.69) is 119 Å². The minimum absolute atomic E-state index is 0.0918. The van der Waals surface area contributed by atoms with Crippen molar-refractivity contribution in [1.82, 2.24) is 0 Å². The van der Waals surface area contributed by atoms with Crippen LogP contribution in [0, 0.1) is 31.1 Å². The third-order valence-electron chi connectivity index (χ3n) is 15.9. The van der Waals surface area contributed by atoms with Crippen LogP contribution >= 0.6 is 0 Å². The number of hydrogen-bond acceptors (Lipinski definition) is 6. The van der Waals surface area contributed by atoms with Gasteiger partial charge in [-0.05, 0) is 175 Å². The Morgan fingerprint density at radius 1 is 0.615 bits per heavy atom. The van der Waals surface area contributed by atoms with Gasteiger partial charge < -0.3 is 18.9 Å². The largest absolute Gasteiger partial charge is 0.488 e. The first kappa shape index (κ1) is 51.4. The van der Waals surface area contributed by atoms with Crippen LogP contribution < -0.4 is 18.9 Å². The fraction of sp³-hybridized carbons (Fsp3) is 0.559. The van der Waals surface area contributed by atoms with Gasteiger partial charge in [0.2, 0.25) is 0 Å². The monoisotopic (exact) mass is 887 g/mol. The number of aryl methyl sites for hydroxylation is 2. The molecule has 0 aromatic heterocycles. The Morgan fingerprint density at radius 3 is 1.57 bits per heavy atom. The summed E-state index contributed by atoms with van der Waals surface area (Å²) >= 11 is 0.